The molecule has 1 N–H and O–H groups in total. The minimum absolute atomic E-state index is 0.134. The molecule has 1 aromatic rings. The standard InChI is InChI=1S/C42H56O17/c1-12-21(4)37(49)56-34-31(25-13-14-52-17-25)41(10)35(57-38(50)32(48)20(2)3)33(54-19-43)30(22(5)42(41)36(34)59-42)40(9)26(15-28(46)51-11)39(8,18-53-23(6)44)58-29(47)16-27(40)55-24(7)45/h13-14,17,19-21,26-27,30-36,48H,5,12,15-16,18H2,1-4,6-11H3/t21-,26-,27-,30+,31+,32+,33+,34+,35-,36+,39+,40+,41+,42+/m0/s1. The molecule has 0 radical (unpaired) electrons. The first-order valence-electron chi connectivity index (χ1n) is 19.8. The van der Waals surface area contributed by atoms with Crippen LogP contribution in [0.25, 0.3) is 0 Å². The number of carbonyl (C=O) groups excluding carboxylic acids is 7. The van der Waals surface area contributed by atoms with E-state index in [4.69, 9.17) is 42.3 Å². The lowest BCUT2D eigenvalue weighted by molar-refractivity contribution is -0.228. The van der Waals surface area contributed by atoms with Gasteiger partial charge in [0, 0.05) is 37.0 Å². The molecule has 0 amide bonds. The summed E-state index contributed by atoms with van der Waals surface area (Å²) in [5.74, 6) is -9.56. The molecule has 17 heteroatoms. The van der Waals surface area contributed by atoms with Crippen LogP contribution in [0, 0.1) is 34.5 Å². The van der Waals surface area contributed by atoms with Crippen LogP contribution in [0.1, 0.15) is 93.1 Å². The summed E-state index contributed by atoms with van der Waals surface area (Å²) in [7, 11) is 1.14. The summed E-state index contributed by atoms with van der Waals surface area (Å²) in [6, 6.07) is 1.66. The predicted octanol–water partition coefficient (Wildman–Crippen LogP) is 3.52. The van der Waals surface area contributed by atoms with Crippen molar-refractivity contribution >= 4 is 42.3 Å². The number of aliphatic hydroxyl groups is 1. The van der Waals surface area contributed by atoms with Gasteiger partial charge >= 0.3 is 35.8 Å². The molecule has 2 saturated carbocycles. The van der Waals surface area contributed by atoms with E-state index in [-0.39, 0.29) is 12.0 Å². The number of hydrogen-bond acceptors (Lipinski definition) is 17. The Morgan fingerprint density at radius 3 is 2.22 bits per heavy atom. The highest BCUT2D eigenvalue weighted by Gasteiger charge is 2.88. The minimum atomic E-state index is -1.85. The molecule has 326 valence electrons. The van der Waals surface area contributed by atoms with Gasteiger partial charge < -0.3 is 47.4 Å². The third-order valence-electron chi connectivity index (χ3n) is 13.3. The van der Waals surface area contributed by atoms with Crippen molar-refractivity contribution in [3.8, 4) is 0 Å². The van der Waals surface area contributed by atoms with Crippen molar-refractivity contribution in [2.75, 3.05) is 13.7 Å². The lowest BCUT2D eigenvalue weighted by Gasteiger charge is -2.59. The van der Waals surface area contributed by atoms with Gasteiger partial charge in [0.2, 0.25) is 0 Å². The molecule has 1 aromatic heterocycles. The second-order valence-electron chi connectivity index (χ2n) is 17.1. The second-order valence-corrected chi connectivity index (χ2v) is 17.1. The maximum Gasteiger partial charge on any atom is 0.335 e. The zero-order chi connectivity index (χ0) is 44.0. The van der Waals surface area contributed by atoms with Crippen LogP contribution in [0.2, 0.25) is 0 Å². The first-order chi connectivity index (χ1) is 27.6. The number of methoxy groups -OCH3 is 1. The average molecular weight is 833 g/mol. The van der Waals surface area contributed by atoms with Crippen LogP contribution < -0.4 is 0 Å². The van der Waals surface area contributed by atoms with E-state index in [9.17, 15) is 38.7 Å². The molecule has 2 saturated heterocycles. The van der Waals surface area contributed by atoms with Crippen LogP contribution in [-0.4, -0.2) is 109 Å². The van der Waals surface area contributed by atoms with Crippen LogP contribution in [0.3, 0.4) is 0 Å². The van der Waals surface area contributed by atoms with Gasteiger partial charge in [-0.1, -0.05) is 48.1 Å². The Bertz CT molecular complexity index is 1820. The second kappa shape index (κ2) is 16.7. The molecular weight excluding hydrogens is 776 g/mol. The van der Waals surface area contributed by atoms with Gasteiger partial charge in [0.15, 0.2) is 6.10 Å². The number of aliphatic hydroxyl groups excluding tert-OH is 1. The minimum Gasteiger partial charge on any atom is -0.472 e. The Morgan fingerprint density at radius 1 is 1.00 bits per heavy atom. The van der Waals surface area contributed by atoms with Gasteiger partial charge in [-0.25, -0.2) is 4.79 Å². The molecule has 4 aliphatic rings. The van der Waals surface area contributed by atoms with Gasteiger partial charge in [0.05, 0.1) is 43.8 Å². The van der Waals surface area contributed by atoms with Gasteiger partial charge in [0.25, 0.3) is 6.47 Å². The Balaban J connectivity index is 1.87. The van der Waals surface area contributed by atoms with Gasteiger partial charge in [-0.2, -0.15) is 0 Å². The highest BCUT2D eigenvalue weighted by molar-refractivity contribution is 5.76. The molecule has 4 fully saturated rings. The van der Waals surface area contributed by atoms with E-state index in [2.05, 4.69) is 6.58 Å². The third-order valence-corrected chi connectivity index (χ3v) is 13.3. The number of rotatable bonds is 15. The summed E-state index contributed by atoms with van der Waals surface area (Å²) in [5, 5.41) is 11.1. The maximum atomic E-state index is 14.1. The number of cyclic esters (lactones) is 1. The number of furan rings is 1. The smallest absolute Gasteiger partial charge is 0.335 e. The highest BCUT2D eigenvalue weighted by Crippen LogP contribution is 2.77. The van der Waals surface area contributed by atoms with Crippen molar-refractivity contribution in [1.82, 2.24) is 0 Å². The Morgan fingerprint density at radius 2 is 1.68 bits per heavy atom. The molecular formula is C42H56O17. The van der Waals surface area contributed by atoms with Gasteiger partial charge in [-0.05, 0) is 36.5 Å². The van der Waals surface area contributed by atoms with E-state index in [0.29, 0.717) is 12.0 Å². The fourth-order valence-electron chi connectivity index (χ4n) is 10.2. The molecule has 14 atom stereocenters. The molecule has 0 unspecified atom stereocenters. The van der Waals surface area contributed by atoms with Gasteiger partial charge in [0.1, 0.15) is 48.3 Å². The molecule has 1 spiro atoms. The van der Waals surface area contributed by atoms with Crippen molar-refractivity contribution in [2.24, 2.45) is 34.5 Å². The number of epoxide rings is 1. The molecule has 0 bridgehead atoms. The summed E-state index contributed by atoms with van der Waals surface area (Å²) in [6.07, 6.45) is -6.15. The van der Waals surface area contributed by atoms with E-state index >= 15 is 0 Å². The van der Waals surface area contributed by atoms with E-state index < -0.39 is 144 Å². The van der Waals surface area contributed by atoms with E-state index in [0.717, 1.165) is 21.0 Å². The van der Waals surface area contributed by atoms with E-state index in [1.807, 2.05) is 6.92 Å². The van der Waals surface area contributed by atoms with Crippen molar-refractivity contribution in [2.45, 2.75) is 135 Å². The molecule has 5 rings (SSSR count). The molecule has 0 aromatic carbocycles. The Kier molecular flexibility index (Phi) is 12.8. The molecule has 17 nitrogen and oxygen atoms in total. The zero-order valence-electron chi connectivity index (χ0n) is 35.2. The molecule has 3 heterocycles. The van der Waals surface area contributed by atoms with Crippen LogP contribution >= 0.6 is 0 Å². The highest BCUT2D eigenvalue weighted by atomic mass is 16.7. The predicted molar refractivity (Wildman–Crippen MR) is 200 cm³/mol. The summed E-state index contributed by atoms with van der Waals surface area (Å²) >= 11 is 0. The first-order valence-corrected chi connectivity index (χ1v) is 19.8. The molecule has 2 aliphatic carbocycles. The summed E-state index contributed by atoms with van der Waals surface area (Å²) in [4.78, 5) is 93.0. The summed E-state index contributed by atoms with van der Waals surface area (Å²) in [6.45, 7) is 17.9. The van der Waals surface area contributed by atoms with Crippen LogP contribution in [0.15, 0.2) is 35.2 Å². The fraction of sp³-hybridized carbons (Fsp3) is 0.690. The van der Waals surface area contributed by atoms with Crippen molar-refractivity contribution in [1.29, 1.82) is 0 Å². The number of hydrogen-bond donors (Lipinski definition) is 1. The largest absolute Gasteiger partial charge is 0.472 e. The number of esters is 6. The lowest BCUT2D eigenvalue weighted by atomic mass is 9.47. The fourth-order valence-corrected chi connectivity index (χ4v) is 10.2. The number of ether oxygens (including phenoxy) is 8. The quantitative estimate of drug-likeness (QED) is 0.0876. The third kappa shape index (κ3) is 7.53. The average Bonchev–Trinajstić information content (AvgIpc) is 3.64. The van der Waals surface area contributed by atoms with E-state index in [1.165, 1.54) is 19.5 Å². The van der Waals surface area contributed by atoms with Gasteiger partial charge in [-0.15, -0.1) is 0 Å². The lowest BCUT2D eigenvalue weighted by Crippen LogP contribution is -2.68. The van der Waals surface area contributed by atoms with E-state index in [1.54, 1.807) is 40.7 Å². The zero-order valence-corrected chi connectivity index (χ0v) is 35.2. The van der Waals surface area contributed by atoms with Crippen LogP contribution in [0.5, 0.6) is 0 Å². The first kappa shape index (κ1) is 45.3. The SMILES string of the molecule is C=C1[C@@H]([C@@]2(C)[C@@H](OC(C)=O)CC(=O)O[C@](C)(COC(C)=O)[C@@H]2CC(=O)OC)[C@@H](OC=O)[C@H](OC(=O)[C@H](O)C(C)C)[C@@]2(C)[C@H](c3ccoc3)[C@@H](OC(=O)[C@@H](C)CC)[C@H]3O[C@]132. The number of carbonyl (C=O) groups is 7. The Labute approximate surface area is 342 Å². The van der Waals surface area contributed by atoms with Crippen LogP contribution in [-0.2, 0) is 71.5 Å². The Hall–Kier alpha value is -4.77. The topological polar surface area (TPSA) is 230 Å². The van der Waals surface area contributed by atoms with Crippen molar-refractivity contribution in [3.05, 3.63) is 36.3 Å². The van der Waals surface area contributed by atoms with Gasteiger partial charge in [-0.3, -0.25) is 28.8 Å². The van der Waals surface area contributed by atoms with Crippen molar-refractivity contribution in [3.63, 3.8) is 0 Å². The monoisotopic (exact) mass is 832 g/mol. The molecule has 2 aliphatic heterocycles. The summed E-state index contributed by atoms with van der Waals surface area (Å²) in [5.41, 5.74) is -6.05. The molecule has 59 heavy (non-hydrogen) atoms. The summed E-state index contributed by atoms with van der Waals surface area (Å²) < 4.78 is 53.4. The normalized spacial score (nSPS) is 37.0. The van der Waals surface area contributed by atoms with Crippen LogP contribution in [0.4, 0.5) is 0 Å². The van der Waals surface area contributed by atoms with Crippen molar-refractivity contribution < 1.29 is 81.0 Å². The maximum absolute atomic E-state index is 14.1.